The monoisotopic (exact) mass is 252 g/mol. The van der Waals surface area contributed by atoms with E-state index in [1.165, 1.54) is 6.07 Å². The summed E-state index contributed by atoms with van der Waals surface area (Å²) < 4.78 is 13.4. The van der Waals surface area contributed by atoms with E-state index in [2.05, 4.69) is 5.32 Å². The molecule has 4 heteroatoms. The molecule has 0 saturated carbocycles. The number of hydrogen-bond acceptors (Lipinski definition) is 2. The molecule has 0 aliphatic rings. The highest BCUT2D eigenvalue weighted by atomic mass is 19.1. The summed E-state index contributed by atoms with van der Waals surface area (Å²) in [5.41, 5.74) is 7.06. The summed E-state index contributed by atoms with van der Waals surface area (Å²) in [6.07, 6.45) is 1.52. The average molecular weight is 252 g/mol. The van der Waals surface area contributed by atoms with Crippen molar-refractivity contribution in [3.63, 3.8) is 0 Å². The number of carbonyl (C=O) groups excluding carboxylic acids is 1. The quantitative estimate of drug-likeness (QED) is 0.845. The molecule has 1 aromatic carbocycles. The Morgan fingerprint density at radius 1 is 1.50 bits per heavy atom. The molecule has 0 heterocycles. The Morgan fingerprint density at radius 2 is 2.17 bits per heavy atom. The van der Waals surface area contributed by atoms with E-state index in [1.54, 1.807) is 13.0 Å². The van der Waals surface area contributed by atoms with Crippen molar-refractivity contribution in [1.82, 2.24) is 5.32 Å². The lowest BCUT2D eigenvalue weighted by Gasteiger charge is -2.18. The number of hydrogen-bond donors (Lipinski definition) is 2. The van der Waals surface area contributed by atoms with Gasteiger partial charge in [0.25, 0.3) is 0 Å². The first-order valence-electron chi connectivity index (χ1n) is 6.27. The van der Waals surface area contributed by atoms with Gasteiger partial charge >= 0.3 is 0 Å². The minimum atomic E-state index is -0.493. The standard InChI is InChI=1S/C14H21FN2O/c1-4-5-13(16)14(18)17-10(3)11-7-6-9(2)12(15)8-11/h6-8,10,13H,4-5,16H2,1-3H3,(H,17,18). The van der Waals surface area contributed by atoms with Gasteiger partial charge in [-0.3, -0.25) is 4.79 Å². The van der Waals surface area contributed by atoms with Gasteiger partial charge in [0.2, 0.25) is 5.91 Å². The zero-order chi connectivity index (χ0) is 13.7. The summed E-state index contributed by atoms with van der Waals surface area (Å²) in [7, 11) is 0. The second-order valence-corrected chi connectivity index (χ2v) is 4.63. The second-order valence-electron chi connectivity index (χ2n) is 4.63. The van der Waals surface area contributed by atoms with Crippen molar-refractivity contribution in [1.29, 1.82) is 0 Å². The summed E-state index contributed by atoms with van der Waals surface area (Å²) >= 11 is 0. The number of carbonyl (C=O) groups is 1. The van der Waals surface area contributed by atoms with Crippen molar-refractivity contribution in [2.24, 2.45) is 5.73 Å². The average Bonchev–Trinajstić information content (AvgIpc) is 2.32. The van der Waals surface area contributed by atoms with Gasteiger partial charge in [0.1, 0.15) is 5.82 Å². The van der Waals surface area contributed by atoms with Crippen molar-refractivity contribution in [3.8, 4) is 0 Å². The normalized spacial score (nSPS) is 14.1. The molecule has 0 aliphatic heterocycles. The lowest BCUT2D eigenvalue weighted by atomic mass is 10.1. The van der Waals surface area contributed by atoms with Gasteiger partial charge in [-0.05, 0) is 37.5 Å². The van der Waals surface area contributed by atoms with E-state index in [0.29, 0.717) is 12.0 Å². The molecular weight excluding hydrogens is 231 g/mol. The summed E-state index contributed by atoms with van der Waals surface area (Å²) in [5, 5.41) is 2.80. The van der Waals surface area contributed by atoms with Gasteiger partial charge in [-0.1, -0.05) is 25.5 Å². The first-order chi connectivity index (χ1) is 8.45. The number of aryl methyl sites for hydroxylation is 1. The molecule has 0 aromatic heterocycles. The van der Waals surface area contributed by atoms with Crippen molar-refractivity contribution >= 4 is 5.91 Å². The zero-order valence-corrected chi connectivity index (χ0v) is 11.2. The molecule has 1 amide bonds. The van der Waals surface area contributed by atoms with Crippen LogP contribution in [0.25, 0.3) is 0 Å². The van der Waals surface area contributed by atoms with Crippen LogP contribution in [0, 0.1) is 12.7 Å². The molecule has 0 saturated heterocycles. The highest BCUT2D eigenvalue weighted by molar-refractivity contribution is 5.81. The van der Waals surface area contributed by atoms with Crippen LogP contribution in [0.3, 0.4) is 0 Å². The van der Waals surface area contributed by atoms with Crippen LogP contribution in [0.1, 0.15) is 43.9 Å². The fraction of sp³-hybridized carbons (Fsp3) is 0.500. The van der Waals surface area contributed by atoms with E-state index in [9.17, 15) is 9.18 Å². The number of amides is 1. The topological polar surface area (TPSA) is 55.1 Å². The number of rotatable bonds is 5. The van der Waals surface area contributed by atoms with Crippen LogP contribution < -0.4 is 11.1 Å². The molecule has 0 radical (unpaired) electrons. The predicted molar refractivity (Wildman–Crippen MR) is 70.6 cm³/mol. The van der Waals surface area contributed by atoms with Gasteiger partial charge < -0.3 is 11.1 Å². The van der Waals surface area contributed by atoms with E-state index in [1.807, 2.05) is 19.9 Å². The fourth-order valence-electron chi connectivity index (χ4n) is 1.72. The Labute approximate surface area is 108 Å². The van der Waals surface area contributed by atoms with E-state index in [-0.39, 0.29) is 17.8 Å². The maximum absolute atomic E-state index is 13.4. The number of nitrogens with one attached hydrogen (secondary N) is 1. The van der Waals surface area contributed by atoms with Gasteiger partial charge in [0.15, 0.2) is 0 Å². The first kappa shape index (κ1) is 14.6. The zero-order valence-electron chi connectivity index (χ0n) is 11.2. The minimum absolute atomic E-state index is 0.190. The molecule has 2 atom stereocenters. The van der Waals surface area contributed by atoms with E-state index < -0.39 is 6.04 Å². The Morgan fingerprint density at radius 3 is 2.72 bits per heavy atom. The van der Waals surface area contributed by atoms with Crippen LogP contribution in [0.15, 0.2) is 18.2 Å². The molecule has 100 valence electrons. The maximum atomic E-state index is 13.4. The van der Waals surface area contributed by atoms with E-state index in [0.717, 1.165) is 12.0 Å². The third-order valence-electron chi connectivity index (χ3n) is 2.99. The molecule has 1 aromatic rings. The molecule has 0 spiro atoms. The highest BCUT2D eigenvalue weighted by Crippen LogP contribution is 2.16. The fourth-order valence-corrected chi connectivity index (χ4v) is 1.72. The summed E-state index contributed by atoms with van der Waals surface area (Å²) in [6, 6.07) is 4.24. The molecule has 0 bridgehead atoms. The molecular formula is C14H21FN2O. The third-order valence-corrected chi connectivity index (χ3v) is 2.99. The maximum Gasteiger partial charge on any atom is 0.237 e. The van der Waals surface area contributed by atoms with Gasteiger partial charge in [0, 0.05) is 0 Å². The van der Waals surface area contributed by atoms with Crippen LogP contribution in [0.4, 0.5) is 4.39 Å². The Balaban J connectivity index is 2.67. The van der Waals surface area contributed by atoms with Crippen LogP contribution in [0.2, 0.25) is 0 Å². The van der Waals surface area contributed by atoms with Gasteiger partial charge in [0.05, 0.1) is 12.1 Å². The van der Waals surface area contributed by atoms with Crippen LogP contribution >= 0.6 is 0 Å². The first-order valence-corrected chi connectivity index (χ1v) is 6.27. The molecule has 0 fully saturated rings. The van der Waals surface area contributed by atoms with Crippen LogP contribution in [-0.4, -0.2) is 11.9 Å². The number of nitrogens with two attached hydrogens (primary N) is 1. The highest BCUT2D eigenvalue weighted by Gasteiger charge is 2.16. The van der Waals surface area contributed by atoms with Gasteiger partial charge in [-0.15, -0.1) is 0 Å². The minimum Gasteiger partial charge on any atom is -0.348 e. The molecule has 18 heavy (non-hydrogen) atoms. The molecule has 3 nitrogen and oxygen atoms in total. The van der Waals surface area contributed by atoms with Crippen LogP contribution in [-0.2, 0) is 4.79 Å². The van der Waals surface area contributed by atoms with Crippen LogP contribution in [0.5, 0.6) is 0 Å². The SMILES string of the molecule is CCCC(N)C(=O)NC(C)c1ccc(C)c(F)c1. The van der Waals surface area contributed by atoms with E-state index >= 15 is 0 Å². The Kier molecular flexibility index (Phi) is 5.28. The second kappa shape index (κ2) is 6.50. The van der Waals surface area contributed by atoms with Gasteiger partial charge in [-0.25, -0.2) is 4.39 Å². The summed E-state index contributed by atoms with van der Waals surface area (Å²) in [5.74, 6) is -0.447. The number of benzene rings is 1. The molecule has 2 unspecified atom stereocenters. The lowest BCUT2D eigenvalue weighted by molar-refractivity contribution is -0.123. The smallest absolute Gasteiger partial charge is 0.237 e. The van der Waals surface area contributed by atoms with Crippen molar-refractivity contribution in [3.05, 3.63) is 35.1 Å². The molecule has 0 aliphatic carbocycles. The lowest BCUT2D eigenvalue weighted by Crippen LogP contribution is -2.41. The predicted octanol–water partition coefficient (Wildman–Crippen LogP) is 2.44. The van der Waals surface area contributed by atoms with Crippen molar-refractivity contribution in [2.45, 2.75) is 45.7 Å². The molecule has 3 N–H and O–H groups in total. The third kappa shape index (κ3) is 3.81. The molecule has 1 rings (SSSR count). The van der Waals surface area contributed by atoms with Crippen molar-refractivity contribution in [2.75, 3.05) is 0 Å². The Hall–Kier alpha value is -1.42. The van der Waals surface area contributed by atoms with Gasteiger partial charge in [-0.2, -0.15) is 0 Å². The Bertz CT molecular complexity index is 420. The largest absolute Gasteiger partial charge is 0.348 e. The summed E-state index contributed by atoms with van der Waals surface area (Å²) in [6.45, 7) is 5.51. The van der Waals surface area contributed by atoms with E-state index in [4.69, 9.17) is 5.73 Å². The number of halogens is 1. The van der Waals surface area contributed by atoms with Crippen molar-refractivity contribution < 1.29 is 9.18 Å². The summed E-state index contributed by atoms with van der Waals surface area (Å²) in [4.78, 5) is 11.7.